The molecule has 1 N–H and O–H groups in total. The Labute approximate surface area is 87.0 Å². The summed E-state index contributed by atoms with van der Waals surface area (Å²) in [4.78, 5) is 18.4. The van der Waals surface area contributed by atoms with Gasteiger partial charge in [-0.1, -0.05) is 25.4 Å². The van der Waals surface area contributed by atoms with Crippen molar-refractivity contribution in [2.45, 2.75) is 26.2 Å². The number of carboxylic acid groups (broad SMARTS) is 1. The van der Waals surface area contributed by atoms with Crippen LogP contribution in [0.5, 0.6) is 0 Å². The van der Waals surface area contributed by atoms with Gasteiger partial charge in [-0.3, -0.25) is 4.79 Å². The molecule has 76 valence electrons. The number of aromatic nitrogens is 2. The number of rotatable bonds is 3. The zero-order chi connectivity index (χ0) is 10.7. The summed E-state index contributed by atoms with van der Waals surface area (Å²) in [6, 6.07) is 1.65. The van der Waals surface area contributed by atoms with Gasteiger partial charge in [-0.15, -0.1) is 0 Å². The van der Waals surface area contributed by atoms with Gasteiger partial charge in [0.1, 0.15) is 17.4 Å². The Morgan fingerprint density at radius 2 is 2.21 bits per heavy atom. The van der Waals surface area contributed by atoms with Crippen molar-refractivity contribution in [3.05, 3.63) is 22.7 Å². The molecule has 0 aliphatic heterocycles. The van der Waals surface area contributed by atoms with E-state index in [2.05, 4.69) is 9.97 Å². The van der Waals surface area contributed by atoms with E-state index in [0.29, 0.717) is 5.15 Å². The predicted octanol–water partition coefficient (Wildman–Crippen LogP) is 1.88. The fourth-order valence-electron chi connectivity index (χ4n) is 0.994. The summed E-state index contributed by atoms with van der Waals surface area (Å²) in [6.07, 6.45) is -0.194. The first-order valence-corrected chi connectivity index (χ1v) is 4.62. The maximum absolute atomic E-state index is 10.4. The van der Waals surface area contributed by atoms with Gasteiger partial charge in [0.05, 0.1) is 0 Å². The standard InChI is InChI=1S/C9H11ClN2O2/c1-5(2)6-3-7(10)12-8(11-6)4-9(13)14/h3,5H,4H2,1-2H3,(H,13,14). The molecule has 1 heterocycles. The topological polar surface area (TPSA) is 63.1 Å². The van der Waals surface area contributed by atoms with Crippen LogP contribution in [0.4, 0.5) is 0 Å². The first kappa shape index (κ1) is 10.9. The first-order chi connectivity index (χ1) is 6.49. The summed E-state index contributed by atoms with van der Waals surface area (Å²) in [5.41, 5.74) is 0.765. The van der Waals surface area contributed by atoms with E-state index in [1.807, 2.05) is 13.8 Å². The largest absolute Gasteiger partial charge is 0.481 e. The minimum Gasteiger partial charge on any atom is -0.481 e. The summed E-state index contributed by atoms with van der Waals surface area (Å²) in [5, 5.41) is 8.86. The lowest BCUT2D eigenvalue weighted by atomic mass is 10.1. The van der Waals surface area contributed by atoms with E-state index >= 15 is 0 Å². The Bertz CT molecular complexity index is 353. The molecule has 4 nitrogen and oxygen atoms in total. The van der Waals surface area contributed by atoms with Gasteiger partial charge in [0.2, 0.25) is 0 Å². The molecule has 0 aromatic carbocycles. The van der Waals surface area contributed by atoms with Crippen molar-refractivity contribution in [2.24, 2.45) is 0 Å². The average Bonchev–Trinajstić information content (AvgIpc) is 2.01. The molecule has 0 spiro atoms. The van der Waals surface area contributed by atoms with E-state index < -0.39 is 5.97 Å². The Morgan fingerprint density at radius 3 is 2.71 bits per heavy atom. The maximum atomic E-state index is 10.4. The summed E-state index contributed by atoms with van der Waals surface area (Å²) in [6.45, 7) is 3.92. The fourth-order valence-corrected chi connectivity index (χ4v) is 1.20. The van der Waals surface area contributed by atoms with Gasteiger partial charge in [0, 0.05) is 5.69 Å². The highest BCUT2D eigenvalue weighted by Crippen LogP contribution is 2.15. The van der Waals surface area contributed by atoms with E-state index in [-0.39, 0.29) is 18.2 Å². The van der Waals surface area contributed by atoms with E-state index in [1.165, 1.54) is 0 Å². The molecule has 1 aromatic rings. The van der Waals surface area contributed by atoms with Crippen molar-refractivity contribution in [1.29, 1.82) is 0 Å². The smallest absolute Gasteiger partial charge is 0.311 e. The van der Waals surface area contributed by atoms with Crippen molar-refractivity contribution < 1.29 is 9.90 Å². The van der Waals surface area contributed by atoms with Gasteiger partial charge in [-0.25, -0.2) is 9.97 Å². The molecule has 0 amide bonds. The lowest BCUT2D eigenvalue weighted by Gasteiger charge is -2.05. The van der Waals surface area contributed by atoms with Gasteiger partial charge in [0.25, 0.3) is 0 Å². The lowest BCUT2D eigenvalue weighted by Crippen LogP contribution is -2.07. The Morgan fingerprint density at radius 1 is 1.57 bits per heavy atom. The molecule has 0 saturated carbocycles. The summed E-state index contributed by atoms with van der Waals surface area (Å²) < 4.78 is 0. The molecule has 5 heteroatoms. The van der Waals surface area contributed by atoms with Crippen LogP contribution < -0.4 is 0 Å². The highest BCUT2D eigenvalue weighted by molar-refractivity contribution is 6.29. The number of carboxylic acids is 1. The maximum Gasteiger partial charge on any atom is 0.311 e. The van der Waals surface area contributed by atoms with Gasteiger partial charge in [-0.05, 0) is 12.0 Å². The molecule has 1 aromatic heterocycles. The Balaban J connectivity index is 3.01. The van der Waals surface area contributed by atoms with E-state index in [4.69, 9.17) is 16.7 Å². The molecule has 0 unspecified atom stereocenters. The molecular formula is C9H11ClN2O2. The highest BCUT2D eigenvalue weighted by Gasteiger charge is 2.09. The van der Waals surface area contributed by atoms with Gasteiger partial charge < -0.3 is 5.11 Å². The van der Waals surface area contributed by atoms with Crippen molar-refractivity contribution >= 4 is 17.6 Å². The van der Waals surface area contributed by atoms with Gasteiger partial charge in [0.15, 0.2) is 0 Å². The molecule has 14 heavy (non-hydrogen) atoms. The van der Waals surface area contributed by atoms with Crippen LogP contribution in [0, 0.1) is 0 Å². The molecule has 0 fully saturated rings. The number of nitrogens with zero attached hydrogens (tertiary/aromatic N) is 2. The zero-order valence-corrected chi connectivity index (χ0v) is 8.75. The first-order valence-electron chi connectivity index (χ1n) is 4.24. The predicted molar refractivity (Wildman–Crippen MR) is 52.5 cm³/mol. The third-order valence-corrected chi connectivity index (χ3v) is 1.86. The molecular weight excluding hydrogens is 204 g/mol. The second-order valence-electron chi connectivity index (χ2n) is 3.26. The third kappa shape index (κ3) is 2.96. The van der Waals surface area contributed by atoms with Crippen LogP contribution >= 0.6 is 11.6 Å². The number of hydrogen-bond donors (Lipinski definition) is 1. The van der Waals surface area contributed by atoms with Gasteiger partial charge >= 0.3 is 5.97 Å². The van der Waals surface area contributed by atoms with Gasteiger partial charge in [-0.2, -0.15) is 0 Å². The van der Waals surface area contributed by atoms with Crippen molar-refractivity contribution in [1.82, 2.24) is 9.97 Å². The summed E-state index contributed by atoms with van der Waals surface area (Å²) in [5.74, 6) is -0.487. The van der Waals surface area contributed by atoms with E-state index in [1.54, 1.807) is 6.07 Å². The van der Waals surface area contributed by atoms with Crippen molar-refractivity contribution in [3.8, 4) is 0 Å². The van der Waals surface area contributed by atoms with Crippen LogP contribution in [-0.4, -0.2) is 21.0 Å². The summed E-state index contributed by atoms with van der Waals surface area (Å²) >= 11 is 5.73. The van der Waals surface area contributed by atoms with Crippen LogP contribution in [0.2, 0.25) is 5.15 Å². The molecule has 0 bridgehead atoms. The minimum atomic E-state index is -0.957. The number of hydrogen-bond acceptors (Lipinski definition) is 3. The fraction of sp³-hybridized carbons (Fsp3) is 0.444. The highest BCUT2D eigenvalue weighted by atomic mass is 35.5. The molecule has 0 atom stereocenters. The van der Waals surface area contributed by atoms with E-state index in [9.17, 15) is 4.79 Å². The second kappa shape index (κ2) is 4.37. The molecule has 0 aliphatic carbocycles. The van der Waals surface area contributed by atoms with Crippen LogP contribution in [0.1, 0.15) is 31.3 Å². The molecule has 1 rings (SSSR count). The Hall–Kier alpha value is -1.16. The minimum absolute atomic E-state index is 0.194. The van der Waals surface area contributed by atoms with Crippen LogP contribution in [0.15, 0.2) is 6.07 Å². The second-order valence-corrected chi connectivity index (χ2v) is 3.64. The van der Waals surface area contributed by atoms with Crippen molar-refractivity contribution in [2.75, 3.05) is 0 Å². The van der Waals surface area contributed by atoms with Crippen LogP contribution in [0.3, 0.4) is 0 Å². The molecule has 0 saturated heterocycles. The SMILES string of the molecule is CC(C)c1cc(Cl)nc(CC(=O)O)n1. The average molecular weight is 215 g/mol. The summed E-state index contributed by atoms with van der Waals surface area (Å²) in [7, 11) is 0. The zero-order valence-electron chi connectivity index (χ0n) is 7.99. The monoisotopic (exact) mass is 214 g/mol. The van der Waals surface area contributed by atoms with E-state index in [0.717, 1.165) is 5.69 Å². The normalized spacial score (nSPS) is 10.6. The quantitative estimate of drug-likeness (QED) is 0.781. The number of aliphatic carboxylic acids is 1. The van der Waals surface area contributed by atoms with Crippen molar-refractivity contribution in [3.63, 3.8) is 0 Å². The Kier molecular flexibility index (Phi) is 3.41. The molecule has 0 radical (unpaired) electrons. The lowest BCUT2D eigenvalue weighted by molar-refractivity contribution is -0.136. The van der Waals surface area contributed by atoms with Crippen LogP contribution in [0.25, 0.3) is 0 Å². The third-order valence-electron chi connectivity index (χ3n) is 1.66. The number of carbonyl (C=O) groups is 1. The number of halogens is 1. The van der Waals surface area contributed by atoms with Crippen LogP contribution in [-0.2, 0) is 11.2 Å². The molecule has 0 aliphatic rings.